The topological polar surface area (TPSA) is 89.7 Å². The fourth-order valence-corrected chi connectivity index (χ4v) is 2.51. The van der Waals surface area contributed by atoms with Crippen molar-refractivity contribution in [2.75, 3.05) is 5.32 Å². The largest absolute Gasteiger partial charge is 0.328 e. The van der Waals surface area contributed by atoms with Crippen molar-refractivity contribution >= 4 is 23.3 Å². The number of nitrogens with one attached hydrogen (secondary N) is 2. The minimum atomic E-state index is -0.360. The number of urea groups is 1. The maximum absolute atomic E-state index is 12.3. The lowest BCUT2D eigenvalue weighted by atomic mass is 10.2. The number of halogens is 1. The number of aryl methyl sites for hydroxylation is 1. The monoisotopic (exact) mass is 345 g/mol. The second kappa shape index (κ2) is 6.71. The number of anilines is 1. The second-order valence-corrected chi connectivity index (χ2v) is 5.67. The van der Waals surface area contributed by atoms with Gasteiger partial charge in [0.1, 0.15) is 0 Å². The molecule has 2 heterocycles. The number of hydrogen-bond donors (Lipinski definition) is 2. The molecule has 2 N–H and O–H groups in total. The summed E-state index contributed by atoms with van der Waals surface area (Å²) in [4.78, 5) is 12.3. The van der Waals surface area contributed by atoms with Crippen molar-refractivity contribution in [2.24, 2.45) is 7.05 Å². The molecule has 124 valence electrons. The molecule has 24 heavy (non-hydrogen) atoms. The van der Waals surface area contributed by atoms with E-state index in [0.717, 1.165) is 5.69 Å². The van der Waals surface area contributed by atoms with E-state index >= 15 is 0 Å². The molecule has 3 aromatic rings. The lowest BCUT2D eigenvalue weighted by Crippen LogP contribution is -2.32. The molecule has 0 saturated carbocycles. The van der Waals surface area contributed by atoms with Gasteiger partial charge in [-0.05, 0) is 47.7 Å². The van der Waals surface area contributed by atoms with E-state index in [2.05, 4.69) is 26.2 Å². The van der Waals surface area contributed by atoms with E-state index < -0.39 is 0 Å². The molecule has 0 fully saturated rings. The standard InChI is InChI=1S/C15H16ClN7O/c1-10(14-19-20-21-22(14)2)17-15(24)18-12-6-5-11(16)9-13(12)23-7-3-4-8-23/h3-10H,1-2H3,(H2,17,18,24)/t10-/m0/s1. The third kappa shape index (κ3) is 3.38. The van der Waals surface area contributed by atoms with E-state index in [4.69, 9.17) is 11.6 Å². The fourth-order valence-electron chi connectivity index (χ4n) is 2.34. The van der Waals surface area contributed by atoms with Gasteiger partial charge in [-0.1, -0.05) is 11.6 Å². The highest BCUT2D eigenvalue weighted by molar-refractivity contribution is 6.30. The summed E-state index contributed by atoms with van der Waals surface area (Å²) >= 11 is 6.07. The Bertz CT molecular complexity index is 843. The molecule has 0 aliphatic carbocycles. The fraction of sp³-hybridized carbons (Fsp3) is 0.200. The molecule has 8 nitrogen and oxygen atoms in total. The van der Waals surface area contributed by atoms with Gasteiger partial charge in [-0.25, -0.2) is 9.48 Å². The van der Waals surface area contributed by atoms with Crippen molar-refractivity contribution in [3.63, 3.8) is 0 Å². The van der Waals surface area contributed by atoms with Crippen LogP contribution < -0.4 is 10.6 Å². The number of carbonyl (C=O) groups is 1. The molecule has 2 amide bonds. The molecule has 1 atom stereocenters. The Morgan fingerprint density at radius 1 is 1.29 bits per heavy atom. The minimum absolute atomic E-state index is 0.340. The van der Waals surface area contributed by atoms with Crippen LogP contribution in [0.5, 0.6) is 0 Å². The van der Waals surface area contributed by atoms with E-state index in [0.29, 0.717) is 16.5 Å². The summed E-state index contributed by atoms with van der Waals surface area (Å²) in [6.07, 6.45) is 3.76. The van der Waals surface area contributed by atoms with Crippen molar-refractivity contribution in [1.82, 2.24) is 30.1 Å². The molecule has 0 spiro atoms. The van der Waals surface area contributed by atoms with Crippen molar-refractivity contribution in [3.8, 4) is 5.69 Å². The van der Waals surface area contributed by atoms with Gasteiger partial charge in [0.25, 0.3) is 0 Å². The van der Waals surface area contributed by atoms with Crippen molar-refractivity contribution in [2.45, 2.75) is 13.0 Å². The van der Waals surface area contributed by atoms with Crippen LogP contribution in [0.2, 0.25) is 5.02 Å². The number of benzene rings is 1. The Labute approximate surface area is 143 Å². The van der Waals surface area contributed by atoms with Crippen molar-refractivity contribution in [3.05, 3.63) is 53.6 Å². The number of carbonyl (C=O) groups excluding carboxylic acids is 1. The van der Waals surface area contributed by atoms with Crippen LogP contribution in [0, 0.1) is 0 Å². The molecule has 0 saturated heterocycles. The first-order valence-electron chi connectivity index (χ1n) is 7.27. The van der Waals surface area contributed by atoms with Gasteiger partial charge in [0.2, 0.25) is 0 Å². The van der Waals surface area contributed by atoms with Crippen LogP contribution in [-0.4, -0.2) is 30.8 Å². The van der Waals surface area contributed by atoms with Gasteiger partial charge in [0.15, 0.2) is 5.82 Å². The molecule has 0 bridgehead atoms. The number of amides is 2. The smallest absolute Gasteiger partial charge is 0.319 e. The summed E-state index contributed by atoms with van der Waals surface area (Å²) in [5, 5.41) is 17.4. The maximum atomic E-state index is 12.3. The molecule has 0 radical (unpaired) electrons. The molecule has 2 aromatic heterocycles. The predicted molar refractivity (Wildman–Crippen MR) is 90.1 cm³/mol. The van der Waals surface area contributed by atoms with Crippen LogP contribution in [-0.2, 0) is 7.05 Å². The van der Waals surface area contributed by atoms with Gasteiger partial charge in [0, 0.05) is 24.5 Å². The van der Waals surface area contributed by atoms with Crippen LogP contribution in [0.15, 0.2) is 42.7 Å². The van der Waals surface area contributed by atoms with E-state index in [1.165, 1.54) is 4.68 Å². The Balaban J connectivity index is 1.76. The van der Waals surface area contributed by atoms with Gasteiger partial charge in [0.05, 0.1) is 17.4 Å². The summed E-state index contributed by atoms with van der Waals surface area (Å²) in [5.74, 6) is 0.562. The summed E-state index contributed by atoms with van der Waals surface area (Å²) in [7, 11) is 1.72. The zero-order valence-corrected chi connectivity index (χ0v) is 13.9. The Morgan fingerprint density at radius 2 is 2.04 bits per heavy atom. The molecular formula is C15H16ClN7O. The average Bonchev–Trinajstić information content (AvgIpc) is 3.20. The lowest BCUT2D eigenvalue weighted by molar-refractivity contribution is 0.248. The van der Waals surface area contributed by atoms with Crippen LogP contribution in [0.25, 0.3) is 5.69 Å². The molecule has 0 unspecified atom stereocenters. The van der Waals surface area contributed by atoms with Gasteiger partial charge < -0.3 is 15.2 Å². The average molecular weight is 346 g/mol. The van der Waals surface area contributed by atoms with Crippen LogP contribution in [0.4, 0.5) is 10.5 Å². The summed E-state index contributed by atoms with van der Waals surface area (Å²) in [6, 6.07) is 8.36. The molecule has 3 rings (SSSR count). The van der Waals surface area contributed by atoms with Crippen LogP contribution in [0.3, 0.4) is 0 Å². The first-order valence-corrected chi connectivity index (χ1v) is 7.65. The van der Waals surface area contributed by atoms with Gasteiger partial charge in [-0.2, -0.15) is 0 Å². The van der Waals surface area contributed by atoms with Crippen LogP contribution in [0.1, 0.15) is 18.8 Å². The number of hydrogen-bond acceptors (Lipinski definition) is 4. The van der Waals surface area contributed by atoms with E-state index in [1.807, 2.05) is 29.1 Å². The van der Waals surface area contributed by atoms with E-state index in [-0.39, 0.29) is 12.1 Å². The quantitative estimate of drug-likeness (QED) is 0.760. The first-order chi connectivity index (χ1) is 11.5. The van der Waals surface area contributed by atoms with Crippen molar-refractivity contribution < 1.29 is 4.79 Å². The second-order valence-electron chi connectivity index (χ2n) is 5.23. The molecule has 0 aliphatic rings. The third-order valence-corrected chi connectivity index (χ3v) is 3.71. The first kappa shape index (κ1) is 16.0. The van der Waals surface area contributed by atoms with Gasteiger partial charge >= 0.3 is 6.03 Å². The minimum Gasteiger partial charge on any atom is -0.328 e. The highest BCUT2D eigenvalue weighted by Crippen LogP contribution is 2.24. The van der Waals surface area contributed by atoms with E-state index in [9.17, 15) is 4.79 Å². The SMILES string of the molecule is C[C@H](NC(=O)Nc1ccc(Cl)cc1-n1cccc1)c1nnnn1C. The highest BCUT2D eigenvalue weighted by atomic mass is 35.5. The number of aromatic nitrogens is 5. The Kier molecular flexibility index (Phi) is 4.48. The molecule has 0 aliphatic heterocycles. The Hall–Kier alpha value is -2.87. The summed E-state index contributed by atoms with van der Waals surface area (Å²) < 4.78 is 3.38. The third-order valence-electron chi connectivity index (χ3n) is 3.48. The number of nitrogens with zero attached hydrogens (tertiary/aromatic N) is 5. The van der Waals surface area contributed by atoms with Gasteiger partial charge in [-0.3, -0.25) is 0 Å². The zero-order valence-electron chi connectivity index (χ0n) is 13.1. The molecular weight excluding hydrogens is 330 g/mol. The number of tetrazole rings is 1. The normalized spacial score (nSPS) is 12.0. The predicted octanol–water partition coefficient (Wildman–Crippen LogP) is 2.54. The maximum Gasteiger partial charge on any atom is 0.319 e. The highest BCUT2D eigenvalue weighted by Gasteiger charge is 2.16. The van der Waals surface area contributed by atoms with Crippen LogP contribution >= 0.6 is 11.6 Å². The summed E-state index contributed by atoms with van der Waals surface area (Å²) in [6.45, 7) is 1.81. The Morgan fingerprint density at radius 3 is 2.71 bits per heavy atom. The molecule has 1 aromatic carbocycles. The lowest BCUT2D eigenvalue weighted by Gasteiger charge is -2.16. The van der Waals surface area contributed by atoms with E-state index in [1.54, 1.807) is 32.2 Å². The van der Waals surface area contributed by atoms with Crippen molar-refractivity contribution in [1.29, 1.82) is 0 Å². The van der Waals surface area contributed by atoms with Gasteiger partial charge in [-0.15, -0.1) is 5.10 Å². The molecule has 9 heteroatoms. The summed E-state index contributed by atoms with van der Waals surface area (Å²) in [5.41, 5.74) is 1.41. The zero-order chi connectivity index (χ0) is 17.1. The number of rotatable bonds is 4.